The van der Waals surface area contributed by atoms with Crippen molar-refractivity contribution in [1.82, 2.24) is 19.8 Å². The summed E-state index contributed by atoms with van der Waals surface area (Å²) >= 11 is 0. The molecule has 0 spiro atoms. The first-order valence-electron chi connectivity index (χ1n) is 8.70. The fourth-order valence-corrected chi connectivity index (χ4v) is 3.18. The monoisotopic (exact) mass is 426 g/mol. The zero-order valence-electron chi connectivity index (χ0n) is 15.6. The summed E-state index contributed by atoms with van der Waals surface area (Å²) in [6.45, 7) is -1.18. The van der Waals surface area contributed by atoms with Gasteiger partial charge in [-0.1, -0.05) is 12.1 Å². The fraction of sp³-hybridized carbons (Fsp3) is 0.333. The molecule has 1 saturated heterocycles. The maximum atomic E-state index is 13.8. The Bertz CT molecular complexity index is 1060. The van der Waals surface area contributed by atoms with E-state index in [4.69, 9.17) is 0 Å². The average molecular weight is 426 g/mol. The van der Waals surface area contributed by atoms with Crippen LogP contribution in [0.25, 0.3) is 0 Å². The molecule has 12 heteroatoms. The summed E-state index contributed by atoms with van der Waals surface area (Å²) in [7, 11) is 1.13. The number of hydrogen-bond acceptors (Lipinski definition) is 5. The van der Waals surface area contributed by atoms with E-state index in [1.54, 1.807) is 0 Å². The Morgan fingerprint density at radius 2 is 1.93 bits per heavy atom. The number of amides is 2. The van der Waals surface area contributed by atoms with Crippen molar-refractivity contribution in [3.05, 3.63) is 57.5 Å². The van der Waals surface area contributed by atoms with Crippen LogP contribution in [0.3, 0.4) is 0 Å². The predicted molar refractivity (Wildman–Crippen MR) is 95.7 cm³/mol. The van der Waals surface area contributed by atoms with E-state index in [0.29, 0.717) is 10.5 Å². The second kappa shape index (κ2) is 7.69. The number of aromatic hydroxyl groups is 1. The molecule has 1 atom stereocenters. The lowest BCUT2D eigenvalue weighted by molar-refractivity contribution is 0.0125. The summed E-state index contributed by atoms with van der Waals surface area (Å²) in [5.74, 6) is -6.21. The van der Waals surface area contributed by atoms with Gasteiger partial charge in [0.1, 0.15) is 11.6 Å². The van der Waals surface area contributed by atoms with Crippen LogP contribution in [0.4, 0.5) is 18.0 Å². The minimum absolute atomic E-state index is 0.0898. The summed E-state index contributed by atoms with van der Waals surface area (Å²) in [5.41, 5.74) is -1.30. The number of carbonyl (C=O) groups excluding carboxylic acids is 1. The van der Waals surface area contributed by atoms with Crippen LogP contribution in [0, 0.1) is 5.82 Å². The van der Waals surface area contributed by atoms with Gasteiger partial charge in [0.05, 0.1) is 12.6 Å². The van der Waals surface area contributed by atoms with Crippen LogP contribution in [-0.2, 0) is 13.6 Å². The number of nitrogens with zero attached hydrogens (tertiary/aromatic N) is 3. The molecular formula is C18H17F3N4O5. The number of rotatable bonds is 4. The van der Waals surface area contributed by atoms with Gasteiger partial charge in [0, 0.05) is 20.0 Å². The van der Waals surface area contributed by atoms with E-state index in [1.165, 1.54) is 24.3 Å². The van der Waals surface area contributed by atoms with Crippen molar-refractivity contribution in [3.8, 4) is 5.75 Å². The second-order valence-electron chi connectivity index (χ2n) is 6.83. The molecule has 1 aromatic carbocycles. The summed E-state index contributed by atoms with van der Waals surface area (Å²) < 4.78 is 41.3. The highest BCUT2D eigenvalue weighted by Crippen LogP contribution is 2.40. The topological polar surface area (TPSA) is 125 Å². The molecule has 0 unspecified atom stereocenters. The largest absolute Gasteiger partial charge is 0.501 e. The molecule has 1 aliphatic rings. The minimum atomic E-state index is -3.34. The van der Waals surface area contributed by atoms with Crippen LogP contribution < -0.4 is 10.9 Å². The number of nitrogens with one attached hydrogen (secondary N) is 1. The summed E-state index contributed by atoms with van der Waals surface area (Å²) in [6.07, 6.45) is -2.57. The predicted octanol–water partition coefficient (Wildman–Crippen LogP) is 1.62. The summed E-state index contributed by atoms with van der Waals surface area (Å²) in [5, 5.41) is 21.6. The Kier molecular flexibility index (Phi) is 5.42. The van der Waals surface area contributed by atoms with Crippen molar-refractivity contribution < 1.29 is 33.0 Å². The van der Waals surface area contributed by atoms with Gasteiger partial charge in [-0.2, -0.15) is 0 Å². The van der Waals surface area contributed by atoms with E-state index in [-0.39, 0.29) is 6.54 Å². The maximum absolute atomic E-state index is 13.8. The normalized spacial score (nSPS) is 17.7. The minimum Gasteiger partial charge on any atom is -0.501 e. The fourth-order valence-electron chi connectivity index (χ4n) is 3.18. The number of carboxylic acid groups (broad SMARTS) is 1. The molecule has 160 valence electrons. The van der Waals surface area contributed by atoms with E-state index >= 15 is 0 Å². The lowest BCUT2D eigenvalue weighted by Crippen LogP contribution is -2.36. The molecule has 9 nitrogen and oxygen atoms in total. The first kappa shape index (κ1) is 21.1. The van der Waals surface area contributed by atoms with Crippen molar-refractivity contribution in [2.45, 2.75) is 24.9 Å². The van der Waals surface area contributed by atoms with E-state index in [2.05, 4.69) is 10.3 Å². The highest BCUT2D eigenvalue weighted by molar-refractivity contribution is 5.94. The number of alkyl halides is 2. The van der Waals surface area contributed by atoms with Gasteiger partial charge in [-0.3, -0.25) is 19.1 Å². The Morgan fingerprint density at radius 1 is 1.30 bits per heavy atom. The molecule has 1 aromatic heterocycles. The van der Waals surface area contributed by atoms with Crippen molar-refractivity contribution in [2.24, 2.45) is 7.05 Å². The number of aromatic nitrogens is 2. The van der Waals surface area contributed by atoms with E-state index in [9.17, 15) is 37.8 Å². The van der Waals surface area contributed by atoms with Crippen LogP contribution in [0.15, 0.2) is 29.1 Å². The molecule has 1 fully saturated rings. The lowest BCUT2D eigenvalue weighted by atomic mass is 10.1. The average Bonchev–Trinajstić information content (AvgIpc) is 3.01. The van der Waals surface area contributed by atoms with Crippen LogP contribution in [-0.4, -0.2) is 49.1 Å². The van der Waals surface area contributed by atoms with Gasteiger partial charge in [-0.05, 0) is 17.7 Å². The molecule has 0 saturated carbocycles. The quantitative estimate of drug-likeness (QED) is 0.682. The van der Waals surface area contributed by atoms with Gasteiger partial charge in [0.2, 0.25) is 5.75 Å². The Balaban J connectivity index is 1.93. The molecule has 1 aliphatic heterocycles. The number of carbonyl (C=O) groups is 2. The third-order valence-electron chi connectivity index (χ3n) is 4.70. The zero-order valence-corrected chi connectivity index (χ0v) is 15.6. The molecule has 30 heavy (non-hydrogen) atoms. The highest BCUT2D eigenvalue weighted by atomic mass is 19.3. The number of halogens is 3. The summed E-state index contributed by atoms with van der Waals surface area (Å²) in [4.78, 5) is 40.4. The third kappa shape index (κ3) is 4.07. The number of hydrogen-bond donors (Lipinski definition) is 3. The molecule has 3 rings (SSSR count). The second-order valence-corrected chi connectivity index (χ2v) is 6.83. The highest BCUT2D eigenvalue weighted by Gasteiger charge is 2.49. The van der Waals surface area contributed by atoms with Crippen molar-refractivity contribution in [3.63, 3.8) is 0 Å². The van der Waals surface area contributed by atoms with Crippen molar-refractivity contribution >= 4 is 12.0 Å². The smallest absolute Gasteiger partial charge is 0.408 e. The van der Waals surface area contributed by atoms with Crippen molar-refractivity contribution in [2.75, 3.05) is 6.54 Å². The molecule has 0 aliphatic carbocycles. The van der Waals surface area contributed by atoms with E-state index in [1.807, 2.05) is 0 Å². The Hall–Kier alpha value is -3.57. The van der Waals surface area contributed by atoms with Gasteiger partial charge in [0.15, 0.2) is 5.69 Å². The van der Waals surface area contributed by atoms with Gasteiger partial charge in [-0.15, -0.1) is 0 Å². The molecular weight excluding hydrogens is 409 g/mol. The Labute approximate surface area is 167 Å². The van der Waals surface area contributed by atoms with Gasteiger partial charge < -0.3 is 15.5 Å². The summed E-state index contributed by atoms with van der Waals surface area (Å²) in [6, 6.07) is 3.68. The van der Waals surface area contributed by atoms with Gasteiger partial charge >= 0.3 is 6.09 Å². The number of benzene rings is 1. The van der Waals surface area contributed by atoms with E-state index in [0.717, 1.165) is 11.6 Å². The van der Waals surface area contributed by atoms with E-state index < -0.39 is 65.6 Å². The SMILES string of the molecule is Cn1c([C@@H]2CC(F)(F)CN2C(=O)O)nc(C(=O)NCc2ccc(F)cc2)c(O)c1=O. The molecule has 3 N–H and O–H groups in total. The number of likely N-dealkylation sites (tertiary alicyclic amines) is 1. The van der Waals surface area contributed by atoms with Gasteiger partial charge in [-0.25, -0.2) is 22.9 Å². The first-order chi connectivity index (χ1) is 14.0. The molecule has 2 amide bonds. The van der Waals surface area contributed by atoms with Crippen LogP contribution in [0.1, 0.15) is 34.3 Å². The molecule has 2 heterocycles. The lowest BCUT2D eigenvalue weighted by Gasteiger charge is -2.22. The standard InChI is InChI=1S/C18H17F3N4O5/c1-24-14(11-6-18(20,21)8-25(11)17(29)30)23-12(13(26)16(24)28)15(27)22-7-9-2-4-10(19)5-3-9/h2-5,11,26H,6-8H2,1H3,(H,22,27)(H,29,30)/t11-/m0/s1. The van der Waals surface area contributed by atoms with Crippen molar-refractivity contribution in [1.29, 1.82) is 0 Å². The Morgan fingerprint density at radius 3 is 2.53 bits per heavy atom. The zero-order chi connectivity index (χ0) is 22.2. The van der Waals surface area contributed by atoms with Crippen LogP contribution in [0.2, 0.25) is 0 Å². The van der Waals surface area contributed by atoms with Gasteiger partial charge in [0.25, 0.3) is 17.4 Å². The molecule has 0 radical (unpaired) electrons. The molecule has 0 bridgehead atoms. The van der Waals surface area contributed by atoms with Crippen LogP contribution in [0.5, 0.6) is 5.75 Å². The first-order valence-corrected chi connectivity index (χ1v) is 8.70. The molecule has 2 aromatic rings. The maximum Gasteiger partial charge on any atom is 0.408 e. The third-order valence-corrected chi connectivity index (χ3v) is 4.70. The van der Waals surface area contributed by atoms with Crippen LogP contribution >= 0.6 is 0 Å².